The molecular weight excluding hydrogens is 365 g/mol. The summed E-state index contributed by atoms with van der Waals surface area (Å²) in [4.78, 5) is 15.4. The average Bonchev–Trinajstić information content (AvgIpc) is 2.52. The molecular formula is C15H12ClF3N2O4. The van der Waals surface area contributed by atoms with Gasteiger partial charge in [-0.2, -0.15) is 13.2 Å². The molecule has 0 aliphatic heterocycles. The standard InChI is InChI=1S/C15H12ClF3N2O4/c1-20(25-2)12-5-8(3-4-11(12)21(23)24)14-10(16)6-9(7-13(14)22)15(17,18)19/h3-7,22H,1-2H3. The van der Waals surface area contributed by atoms with E-state index in [2.05, 4.69) is 0 Å². The van der Waals surface area contributed by atoms with E-state index >= 15 is 0 Å². The summed E-state index contributed by atoms with van der Waals surface area (Å²) in [7, 11) is 2.71. The second-order valence-electron chi connectivity index (χ2n) is 4.99. The Hall–Kier alpha value is -2.52. The summed E-state index contributed by atoms with van der Waals surface area (Å²) in [6.45, 7) is 0. The highest BCUT2D eigenvalue weighted by Gasteiger charge is 2.32. The third-order valence-corrected chi connectivity index (χ3v) is 3.77. The number of rotatable bonds is 4. The maximum absolute atomic E-state index is 12.8. The van der Waals surface area contributed by atoms with Gasteiger partial charge in [0.15, 0.2) is 0 Å². The second-order valence-corrected chi connectivity index (χ2v) is 5.40. The molecule has 0 aliphatic rings. The lowest BCUT2D eigenvalue weighted by Crippen LogP contribution is -2.16. The Kier molecular flexibility index (Phi) is 5.09. The van der Waals surface area contributed by atoms with E-state index in [0.29, 0.717) is 12.1 Å². The molecule has 0 heterocycles. The van der Waals surface area contributed by atoms with Crippen LogP contribution in [0.4, 0.5) is 24.5 Å². The van der Waals surface area contributed by atoms with Gasteiger partial charge in [0.25, 0.3) is 5.69 Å². The minimum absolute atomic E-state index is 0.0420. The molecule has 0 unspecified atom stereocenters. The predicted octanol–water partition coefficient (Wildman–Crippen LogP) is 4.64. The molecule has 0 spiro atoms. The summed E-state index contributed by atoms with van der Waals surface area (Å²) >= 11 is 5.90. The Morgan fingerprint density at radius 2 is 1.92 bits per heavy atom. The molecule has 0 atom stereocenters. The van der Waals surface area contributed by atoms with Gasteiger partial charge in [-0.1, -0.05) is 11.6 Å². The van der Waals surface area contributed by atoms with Gasteiger partial charge in [0.2, 0.25) is 0 Å². The van der Waals surface area contributed by atoms with E-state index in [0.717, 1.165) is 11.1 Å². The highest BCUT2D eigenvalue weighted by Crippen LogP contribution is 2.43. The average molecular weight is 377 g/mol. The van der Waals surface area contributed by atoms with Gasteiger partial charge in [-0.05, 0) is 29.8 Å². The second kappa shape index (κ2) is 6.77. The molecule has 10 heteroatoms. The SMILES string of the molecule is CON(C)c1cc(-c2c(O)cc(C(F)(F)F)cc2Cl)ccc1[N+](=O)[O-]. The fourth-order valence-corrected chi connectivity index (χ4v) is 2.55. The molecule has 0 saturated carbocycles. The Labute approximate surface area is 145 Å². The quantitative estimate of drug-likeness (QED) is 0.621. The number of hydrogen-bond donors (Lipinski definition) is 1. The topological polar surface area (TPSA) is 75.8 Å². The van der Waals surface area contributed by atoms with Crippen LogP contribution in [-0.4, -0.2) is 24.2 Å². The van der Waals surface area contributed by atoms with Gasteiger partial charge in [0.05, 0.1) is 22.6 Å². The van der Waals surface area contributed by atoms with E-state index in [1.54, 1.807) is 0 Å². The molecule has 0 aromatic heterocycles. The van der Waals surface area contributed by atoms with Gasteiger partial charge in [-0.15, -0.1) is 0 Å². The van der Waals surface area contributed by atoms with Crippen LogP contribution < -0.4 is 5.06 Å². The Morgan fingerprint density at radius 3 is 2.40 bits per heavy atom. The fraction of sp³-hybridized carbons (Fsp3) is 0.200. The number of halogens is 4. The summed E-state index contributed by atoms with van der Waals surface area (Å²) < 4.78 is 38.3. The number of hydrogen-bond acceptors (Lipinski definition) is 5. The lowest BCUT2D eigenvalue weighted by Gasteiger charge is -2.18. The molecule has 134 valence electrons. The van der Waals surface area contributed by atoms with Crippen LogP contribution in [0, 0.1) is 10.1 Å². The zero-order chi connectivity index (χ0) is 18.9. The first-order valence-corrected chi connectivity index (χ1v) is 7.10. The molecule has 2 rings (SSSR count). The maximum atomic E-state index is 12.8. The minimum Gasteiger partial charge on any atom is -0.507 e. The molecule has 2 aromatic carbocycles. The van der Waals surface area contributed by atoms with Gasteiger partial charge in [0.1, 0.15) is 11.4 Å². The van der Waals surface area contributed by atoms with Gasteiger partial charge < -0.3 is 5.11 Å². The maximum Gasteiger partial charge on any atom is 0.416 e. The van der Waals surface area contributed by atoms with Crippen LogP contribution in [0.5, 0.6) is 5.75 Å². The van der Waals surface area contributed by atoms with Crippen LogP contribution in [-0.2, 0) is 11.0 Å². The number of nitrogens with zero attached hydrogens (tertiary/aromatic N) is 2. The summed E-state index contributed by atoms with van der Waals surface area (Å²) in [6, 6.07) is 4.93. The van der Waals surface area contributed by atoms with Crippen LogP contribution in [0.15, 0.2) is 30.3 Å². The molecule has 0 amide bonds. The van der Waals surface area contributed by atoms with E-state index < -0.39 is 22.4 Å². The summed E-state index contributed by atoms with van der Waals surface area (Å²) in [5.41, 5.74) is -1.22. The number of nitro benzene ring substituents is 1. The Morgan fingerprint density at radius 1 is 1.28 bits per heavy atom. The fourth-order valence-electron chi connectivity index (χ4n) is 2.23. The van der Waals surface area contributed by atoms with Crippen molar-refractivity contribution in [3.8, 4) is 16.9 Å². The molecule has 2 aromatic rings. The summed E-state index contributed by atoms with van der Waals surface area (Å²) in [6.07, 6.45) is -4.67. The third-order valence-electron chi connectivity index (χ3n) is 3.47. The van der Waals surface area contributed by atoms with Crippen molar-refractivity contribution in [2.45, 2.75) is 6.18 Å². The molecule has 0 saturated heterocycles. The molecule has 0 radical (unpaired) electrons. The highest BCUT2D eigenvalue weighted by molar-refractivity contribution is 6.33. The molecule has 25 heavy (non-hydrogen) atoms. The zero-order valence-corrected chi connectivity index (χ0v) is 13.7. The lowest BCUT2D eigenvalue weighted by molar-refractivity contribution is -0.384. The van der Waals surface area contributed by atoms with Crippen molar-refractivity contribution < 1.29 is 28.0 Å². The minimum atomic E-state index is -4.67. The van der Waals surface area contributed by atoms with Gasteiger partial charge in [-0.25, -0.2) is 0 Å². The molecule has 0 bridgehead atoms. The van der Waals surface area contributed by atoms with Crippen molar-refractivity contribution in [1.29, 1.82) is 0 Å². The number of benzene rings is 2. The van der Waals surface area contributed by atoms with Crippen LogP contribution in [0.2, 0.25) is 5.02 Å². The largest absolute Gasteiger partial charge is 0.507 e. The van der Waals surface area contributed by atoms with Crippen LogP contribution in [0.3, 0.4) is 0 Å². The number of alkyl halides is 3. The smallest absolute Gasteiger partial charge is 0.416 e. The number of anilines is 1. The van der Waals surface area contributed by atoms with E-state index in [1.165, 1.54) is 26.3 Å². The monoisotopic (exact) mass is 376 g/mol. The van der Waals surface area contributed by atoms with Crippen molar-refractivity contribution in [2.75, 3.05) is 19.2 Å². The van der Waals surface area contributed by atoms with E-state index in [-0.39, 0.29) is 27.5 Å². The molecule has 0 fully saturated rings. The number of hydroxylamine groups is 1. The predicted molar refractivity (Wildman–Crippen MR) is 85.6 cm³/mol. The van der Waals surface area contributed by atoms with Crippen LogP contribution in [0.25, 0.3) is 11.1 Å². The van der Waals surface area contributed by atoms with Crippen molar-refractivity contribution in [3.05, 3.63) is 51.0 Å². The van der Waals surface area contributed by atoms with E-state index in [1.807, 2.05) is 0 Å². The first kappa shape index (κ1) is 18.8. The van der Waals surface area contributed by atoms with E-state index in [4.69, 9.17) is 16.4 Å². The van der Waals surface area contributed by atoms with Crippen molar-refractivity contribution in [3.63, 3.8) is 0 Å². The van der Waals surface area contributed by atoms with Crippen molar-refractivity contribution in [1.82, 2.24) is 0 Å². The lowest BCUT2D eigenvalue weighted by atomic mass is 10.0. The molecule has 1 N–H and O–H groups in total. The van der Waals surface area contributed by atoms with Crippen molar-refractivity contribution in [2.24, 2.45) is 0 Å². The molecule has 0 aliphatic carbocycles. The van der Waals surface area contributed by atoms with Gasteiger partial charge >= 0.3 is 6.18 Å². The van der Waals surface area contributed by atoms with E-state index in [9.17, 15) is 28.4 Å². The van der Waals surface area contributed by atoms with Crippen molar-refractivity contribution >= 4 is 23.0 Å². The third kappa shape index (κ3) is 3.77. The summed E-state index contributed by atoms with van der Waals surface area (Å²) in [5.74, 6) is -0.695. The Bertz CT molecular complexity index is 804. The number of nitro groups is 1. The highest BCUT2D eigenvalue weighted by atomic mass is 35.5. The summed E-state index contributed by atoms with van der Waals surface area (Å²) in [5, 5.41) is 21.9. The first-order chi connectivity index (χ1) is 11.6. The zero-order valence-electron chi connectivity index (χ0n) is 13.0. The number of phenols is 1. The van der Waals surface area contributed by atoms with Crippen LogP contribution in [0.1, 0.15) is 5.56 Å². The Balaban J connectivity index is 2.65. The van der Waals surface area contributed by atoms with Crippen LogP contribution >= 0.6 is 11.6 Å². The van der Waals surface area contributed by atoms with Gasteiger partial charge in [-0.3, -0.25) is 20.0 Å². The number of phenolic OH excluding ortho intramolecular Hbond substituents is 1. The molecule has 6 nitrogen and oxygen atoms in total. The van der Waals surface area contributed by atoms with Gasteiger partial charge in [0, 0.05) is 18.7 Å². The normalized spacial score (nSPS) is 11.4. The number of aromatic hydroxyl groups is 1. The first-order valence-electron chi connectivity index (χ1n) is 6.72.